The standard InChI is InChI=1S/C37H44GeNS/c1-22(2)17-24-11-13-28-30(18-24)23(3)33-35-34-29(15-16-39(35)10)27-14-12-26(38(7,8)9)19-25(27)20-32(34)40-36(33)31(28)21-37(4,5)6/h11-16,18-20,22H,17,21H2,1-10H3/q+1. The van der Waals surface area contributed by atoms with Gasteiger partial charge in [-0.05, 0) is 12.3 Å². The Morgan fingerprint density at radius 1 is 0.875 bits per heavy atom. The molecule has 0 radical (unpaired) electrons. The molecule has 0 aliphatic carbocycles. The van der Waals surface area contributed by atoms with Gasteiger partial charge < -0.3 is 0 Å². The van der Waals surface area contributed by atoms with Crippen molar-refractivity contribution in [3.8, 4) is 11.3 Å². The summed E-state index contributed by atoms with van der Waals surface area (Å²) in [6, 6.07) is 19.5. The second-order valence-electron chi connectivity index (χ2n) is 14.7. The zero-order valence-electron chi connectivity index (χ0n) is 26.0. The first-order valence-electron chi connectivity index (χ1n) is 14.9. The van der Waals surface area contributed by atoms with Gasteiger partial charge in [-0.25, -0.2) is 0 Å². The summed E-state index contributed by atoms with van der Waals surface area (Å²) in [7, 11) is 2.24. The summed E-state index contributed by atoms with van der Waals surface area (Å²) in [5, 5.41) is 8.45. The van der Waals surface area contributed by atoms with Crippen LogP contribution in [0.1, 0.15) is 51.3 Å². The number of hydrogen-bond acceptors (Lipinski definition) is 1. The molecule has 0 unspecified atom stereocenters. The zero-order valence-corrected chi connectivity index (χ0v) is 29.0. The Balaban J connectivity index is 1.73. The monoisotopic (exact) mass is 608 g/mol. The number of hydrogen-bond donors (Lipinski definition) is 0. The maximum absolute atomic E-state index is 2.51. The molecule has 0 N–H and O–H groups in total. The first kappa shape index (κ1) is 27.9. The van der Waals surface area contributed by atoms with Gasteiger partial charge in [0.25, 0.3) is 0 Å². The van der Waals surface area contributed by atoms with E-state index < -0.39 is 13.3 Å². The molecular formula is C37H44GeNS+. The van der Waals surface area contributed by atoms with Gasteiger partial charge in [0.2, 0.25) is 0 Å². The van der Waals surface area contributed by atoms with Crippen LogP contribution < -0.4 is 8.96 Å². The SMILES string of the molecule is Cc1c2c(c(CC(C)(C)C)c3ccc(CC(C)C)cc13)Sc1cc3c[c]([Ge]([CH3])([CH3])[CH3])ccc3c3cc[n+](C)c-2c13. The number of fused-ring (bicyclic) bond motifs is 5. The van der Waals surface area contributed by atoms with Gasteiger partial charge in [0.05, 0.1) is 0 Å². The van der Waals surface area contributed by atoms with Crippen molar-refractivity contribution in [2.75, 3.05) is 0 Å². The average Bonchev–Trinajstić information content (AvgIpc) is 2.85. The molecule has 0 fully saturated rings. The van der Waals surface area contributed by atoms with Gasteiger partial charge in [-0.2, -0.15) is 0 Å². The molecular weight excluding hydrogens is 563 g/mol. The second kappa shape index (κ2) is 9.63. The van der Waals surface area contributed by atoms with Gasteiger partial charge in [-0.3, -0.25) is 0 Å². The van der Waals surface area contributed by atoms with Gasteiger partial charge in [0.15, 0.2) is 0 Å². The Bertz CT molecular complexity index is 1830. The van der Waals surface area contributed by atoms with E-state index in [-0.39, 0.29) is 5.41 Å². The first-order valence-corrected chi connectivity index (χ1v) is 23.0. The molecule has 0 bridgehead atoms. The molecule has 4 aromatic carbocycles. The van der Waals surface area contributed by atoms with Gasteiger partial charge in [0, 0.05) is 0 Å². The third-order valence-corrected chi connectivity index (χ3v) is 14.0. The van der Waals surface area contributed by atoms with Crippen molar-refractivity contribution >= 4 is 61.7 Å². The van der Waals surface area contributed by atoms with Gasteiger partial charge in [0.1, 0.15) is 0 Å². The van der Waals surface area contributed by atoms with E-state index in [1.165, 1.54) is 70.1 Å². The molecule has 5 aromatic rings. The number of rotatable bonds is 4. The number of aromatic nitrogens is 1. The summed E-state index contributed by atoms with van der Waals surface area (Å²) in [4.78, 5) is 2.88. The van der Waals surface area contributed by atoms with Crippen molar-refractivity contribution in [3.05, 3.63) is 71.4 Å². The van der Waals surface area contributed by atoms with E-state index in [4.69, 9.17) is 0 Å². The Kier molecular flexibility index (Phi) is 6.71. The van der Waals surface area contributed by atoms with Crippen molar-refractivity contribution < 1.29 is 4.57 Å². The molecule has 2 heterocycles. The van der Waals surface area contributed by atoms with Gasteiger partial charge in [-0.1, -0.05) is 13.8 Å². The molecule has 1 aromatic heterocycles. The maximum atomic E-state index is 2.51. The normalized spacial score (nSPS) is 13.6. The van der Waals surface area contributed by atoms with Crippen LogP contribution in [0.2, 0.25) is 17.3 Å². The van der Waals surface area contributed by atoms with Crippen LogP contribution in [-0.4, -0.2) is 13.3 Å². The van der Waals surface area contributed by atoms with Crippen LogP contribution in [0.5, 0.6) is 0 Å². The van der Waals surface area contributed by atoms with Crippen LogP contribution in [0, 0.1) is 18.3 Å². The van der Waals surface area contributed by atoms with Crippen molar-refractivity contribution in [1.82, 2.24) is 0 Å². The summed E-state index contributed by atoms with van der Waals surface area (Å²) in [5.41, 5.74) is 7.41. The second-order valence-corrected chi connectivity index (χ2v) is 26.5. The molecule has 6 rings (SSSR count). The quantitative estimate of drug-likeness (QED) is 0.110. The van der Waals surface area contributed by atoms with E-state index >= 15 is 0 Å². The predicted molar refractivity (Wildman–Crippen MR) is 179 cm³/mol. The fourth-order valence-corrected chi connectivity index (χ4v) is 10.5. The number of benzene rings is 4. The van der Waals surface area contributed by atoms with Crippen LogP contribution in [0.3, 0.4) is 0 Å². The Morgan fingerprint density at radius 3 is 2.27 bits per heavy atom. The molecule has 1 nitrogen and oxygen atoms in total. The molecule has 0 amide bonds. The first-order chi connectivity index (χ1) is 18.7. The summed E-state index contributed by atoms with van der Waals surface area (Å²) in [6.07, 6.45) is 4.47. The fraction of sp³-hybridized carbons (Fsp3) is 0.378. The zero-order chi connectivity index (χ0) is 28.7. The molecule has 0 saturated heterocycles. The van der Waals surface area contributed by atoms with Crippen LogP contribution in [-0.2, 0) is 19.9 Å². The topological polar surface area (TPSA) is 3.88 Å². The summed E-state index contributed by atoms with van der Waals surface area (Å²) in [5.74, 6) is 8.13. The van der Waals surface area contributed by atoms with Crippen molar-refractivity contribution in [3.63, 3.8) is 0 Å². The van der Waals surface area contributed by atoms with E-state index in [0.717, 1.165) is 12.8 Å². The Hall–Kier alpha value is -2.30. The van der Waals surface area contributed by atoms with Crippen molar-refractivity contribution in [2.45, 2.75) is 81.4 Å². The summed E-state index contributed by atoms with van der Waals surface area (Å²) < 4.78 is 3.96. The fourth-order valence-electron chi connectivity index (χ4n) is 6.67. The van der Waals surface area contributed by atoms with E-state index in [1.54, 1.807) is 4.40 Å². The van der Waals surface area contributed by atoms with E-state index in [1.807, 2.05) is 11.8 Å². The molecule has 0 atom stereocenters. The molecule has 0 saturated carbocycles. The van der Waals surface area contributed by atoms with Gasteiger partial charge in [-0.15, -0.1) is 0 Å². The Morgan fingerprint density at radius 2 is 1.60 bits per heavy atom. The van der Waals surface area contributed by atoms with E-state index in [0.29, 0.717) is 5.92 Å². The number of pyridine rings is 1. The van der Waals surface area contributed by atoms with Crippen LogP contribution in [0.4, 0.5) is 0 Å². The molecule has 206 valence electrons. The molecule has 1 aliphatic rings. The van der Waals surface area contributed by atoms with E-state index in [9.17, 15) is 0 Å². The molecule has 3 heteroatoms. The molecule has 40 heavy (non-hydrogen) atoms. The third-order valence-electron chi connectivity index (χ3n) is 8.55. The van der Waals surface area contributed by atoms with Crippen molar-refractivity contribution in [2.24, 2.45) is 18.4 Å². The van der Waals surface area contributed by atoms with Crippen LogP contribution in [0.15, 0.2) is 64.5 Å². The van der Waals surface area contributed by atoms with Crippen LogP contribution >= 0.6 is 11.8 Å². The molecule has 1 aliphatic heterocycles. The summed E-state index contributed by atoms with van der Waals surface area (Å²) >= 11 is 0.0795. The third kappa shape index (κ3) is 4.69. The summed E-state index contributed by atoms with van der Waals surface area (Å²) in [6.45, 7) is 14.2. The number of aryl methyl sites for hydroxylation is 2. The van der Waals surface area contributed by atoms with E-state index in [2.05, 4.69) is 125 Å². The van der Waals surface area contributed by atoms with Crippen molar-refractivity contribution in [1.29, 1.82) is 0 Å². The Labute approximate surface area is 247 Å². The van der Waals surface area contributed by atoms with Crippen LogP contribution in [0.25, 0.3) is 43.6 Å². The van der Waals surface area contributed by atoms with Gasteiger partial charge >= 0.3 is 223 Å². The minimum atomic E-state index is -1.95. The minimum absolute atomic E-state index is 0.193. The average molecular weight is 607 g/mol. The number of nitrogens with zero attached hydrogens (tertiary/aromatic N) is 1. The predicted octanol–water partition coefficient (Wildman–Crippen LogP) is 9.74. The molecule has 0 spiro atoms.